The van der Waals surface area contributed by atoms with Crippen LogP contribution >= 0.6 is 31.9 Å². The van der Waals surface area contributed by atoms with Crippen molar-refractivity contribution in [1.29, 1.82) is 0 Å². The first-order chi connectivity index (χ1) is 12.7. The van der Waals surface area contributed by atoms with Crippen LogP contribution in [0.1, 0.15) is 29.0 Å². The average Bonchev–Trinajstić information content (AvgIpc) is 2.69. The van der Waals surface area contributed by atoms with Gasteiger partial charge in [0.2, 0.25) is 0 Å². The Morgan fingerprint density at radius 3 is 2.54 bits per heavy atom. The molecule has 0 amide bonds. The topological polar surface area (TPSA) is 0 Å². The summed E-state index contributed by atoms with van der Waals surface area (Å²) in [5, 5.41) is 5.52. The number of hydrogen-bond acceptors (Lipinski definition) is 0. The number of halogens is 2. The molecule has 2 heteroatoms. The summed E-state index contributed by atoms with van der Waals surface area (Å²) < 4.78 is 2.38. The number of benzene rings is 4. The maximum Gasteiger partial charge on any atom is 0.0211 e. The molecule has 0 radical (unpaired) electrons. The van der Waals surface area contributed by atoms with Gasteiger partial charge in [0.25, 0.3) is 0 Å². The van der Waals surface area contributed by atoms with Crippen molar-refractivity contribution in [1.82, 2.24) is 0 Å². The lowest BCUT2D eigenvalue weighted by atomic mass is 9.78. The van der Waals surface area contributed by atoms with Crippen molar-refractivity contribution in [3.8, 4) is 0 Å². The van der Waals surface area contributed by atoms with Crippen molar-refractivity contribution in [2.24, 2.45) is 0 Å². The van der Waals surface area contributed by atoms with Crippen molar-refractivity contribution in [3.63, 3.8) is 0 Å². The molecule has 0 aliphatic heterocycles. The second-order valence-electron chi connectivity index (χ2n) is 7.19. The van der Waals surface area contributed by atoms with Gasteiger partial charge in [0, 0.05) is 8.95 Å². The largest absolute Gasteiger partial charge is 0.0616 e. The maximum absolute atomic E-state index is 3.75. The quantitative estimate of drug-likeness (QED) is 0.251. The standard InChI is InChI=1S/C24H18Br2/c25-18-8-12-24(26)23(14-18)17-6-9-20-16(13-17)7-11-21-19-4-2-1-3-15(19)5-10-22(20)21/h1-5,7-8,10-12,14,17H,6,9,13H2. The highest BCUT2D eigenvalue weighted by molar-refractivity contribution is 9.11. The third-order valence-electron chi connectivity index (χ3n) is 5.74. The van der Waals surface area contributed by atoms with E-state index in [0.29, 0.717) is 5.92 Å². The van der Waals surface area contributed by atoms with E-state index in [4.69, 9.17) is 0 Å². The van der Waals surface area contributed by atoms with Gasteiger partial charge in [-0.2, -0.15) is 0 Å². The van der Waals surface area contributed by atoms with Crippen LogP contribution in [0.15, 0.2) is 75.7 Å². The van der Waals surface area contributed by atoms with Crippen molar-refractivity contribution >= 4 is 53.4 Å². The van der Waals surface area contributed by atoms with Crippen LogP contribution in [0, 0.1) is 0 Å². The summed E-state index contributed by atoms with van der Waals surface area (Å²) in [7, 11) is 0. The Morgan fingerprint density at radius 1 is 0.769 bits per heavy atom. The number of rotatable bonds is 1. The van der Waals surface area contributed by atoms with E-state index in [2.05, 4.69) is 98.6 Å². The van der Waals surface area contributed by atoms with Crippen LogP contribution in [0.25, 0.3) is 21.5 Å². The fourth-order valence-corrected chi connectivity index (χ4v) is 5.41. The monoisotopic (exact) mass is 464 g/mol. The Bertz CT molecular complexity index is 1140. The van der Waals surface area contributed by atoms with Gasteiger partial charge in [-0.15, -0.1) is 0 Å². The molecular formula is C24H18Br2. The van der Waals surface area contributed by atoms with Gasteiger partial charge in [0.1, 0.15) is 0 Å². The van der Waals surface area contributed by atoms with Crippen LogP contribution in [0.2, 0.25) is 0 Å². The molecule has 0 bridgehead atoms. The summed E-state index contributed by atoms with van der Waals surface area (Å²) in [5.41, 5.74) is 4.48. The number of fused-ring (bicyclic) bond motifs is 5. The van der Waals surface area contributed by atoms with Crippen molar-refractivity contribution in [2.45, 2.75) is 25.2 Å². The Labute approximate surface area is 170 Å². The highest BCUT2D eigenvalue weighted by Gasteiger charge is 2.23. The van der Waals surface area contributed by atoms with Gasteiger partial charge >= 0.3 is 0 Å². The van der Waals surface area contributed by atoms with E-state index in [1.807, 2.05) is 0 Å². The maximum atomic E-state index is 3.75. The normalized spacial score (nSPS) is 16.8. The second kappa shape index (κ2) is 6.51. The van der Waals surface area contributed by atoms with Crippen LogP contribution in [0.3, 0.4) is 0 Å². The van der Waals surface area contributed by atoms with E-state index in [1.54, 1.807) is 5.56 Å². The third-order valence-corrected chi connectivity index (χ3v) is 6.96. The summed E-state index contributed by atoms with van der Waals surface area (Å²) in [4.78, 5) is 0. The molecule has 0 nitrogen and oxygen atoms in total. The van der Waals surface area contributed by atoms with Crippen LogP contribution in [-0.4, -0.2) is 0 Å². The SMILES string of the molecule is Brc1ccc(Br)c(C2CCc3c(ccc4c3ccc3ccccc34)C2)c1. The molecule has 0 saturated heterocycles. The highest BCUT2D eigenvalue weighted by atomic mass is 79.9. The Balaban J connectivity index is 1.61. The van der Waals surface area contributed by atoms with Gasteiger partial charge in [-0.1, -0.05) is 80.4 Å². The number of hydrogen-bond donors (Lipinski definition) is 0. The lowest BCUT2D eigenvalue weighted by molar-refractivity contribution is 0.585. The fourth-order valence-electron chi connectivity index (χ4n) is 4.46. The molecule has 0 heterocycles. The minimum Gasteiger partial charge on any atom is -0.0616 e. The Morgan fingerprint density at radius 2 is 1.62 bits per heavy atom. The summed E-state index contributed by atoms with van der Waals surface area (Å²) in [6.07, 6.45) is 3.47. The van der Waals surface area contributed by atoms with Crippen LogP contribution in [-0.2, 0) is 12.8 Å². The molecule has 1 aliphatic carbocycles. The van der Waals surface area contributed by atoms with Gasteiger partial charge < -0.3 is 0 Å². The molecule has 128 valence electrons. The van der Waals surface area contributed by atoms with E-state index >= 15 is 0 Å². The highest BCUT2D eigenvalue weighted by Crippen LogP contribution is 2.40. The van der Waals surface area contributed by atoms with Gasteiger partial charge in [-0.25, -0.2) is 0 Å². The molecule has 0 aromatic heterocycles. The molecule has 0 spiro atoms. The second-order valence-corrected chi connectivity index (χ2v) is 8.96. The average molecular weight is 466 g/mol. The molecule has 4 aromatic carbocycles. The van der Waals surface area contributed by atoms with Crippen LogP contribution in [0.4, 0.5) is 0 Å². The Kier molecular flexibility index (Phi) is 4.14. The molecule has 1 aliphatic rings. The lowest BCUT2D eigenvalue weighted by Crippen LogP contribution is -2.13. The van der Waals surface area contributed by atoms with Crippen LogP contribution < -0.4 is 0 Å². The van der Waals surface area contributed by atoms with E-state index in [0.717, 1.165) is 17.3 Å². The summed E-state index contributed by atoms with van der Waals surface area (Å²) in [5.74, 6) is 0.576. The van der Waals surface area contributed by atoms with E-state index < -0.39 is 0 Å². The molecule has 0 saturated carbocycles. The Hall–Kier alpha value is -1.64. The minimum atomic E-state index is 0.576. The zero-order valence-corrected chi connectivity index (χ0v) is 17.5. The zero-order chi connectivity index (χ0) is 17.7. The molecule has 26 heavy (non-hydrogen) atoms. The van der Waals surface area contributed by atoms with E-state index in [-0.39, 0.29) is 0 Å². The van der Waals surface area contributed by atoms with Crippen molar-refractivity contribution in [3.05, 3.63) is 92.4 Å². The number of aryl methyl sites for hydroxylation is 1. The summed E-state index contributed by atoms with van der Waals surface area (Å²) >= 11 is 7.38. The van der Waals surface area contributed by atoms with E-state index in [1.165, 1.54) is 43.6 Å². The molecule has 4 aromatic rings. The molecule has 0 fully saturated rings. The summed E-state index contributed by atoms with van der Waals surface area (Å²) in [6, 6.07) is 24.5. The molecule has 5 rings (SSSR count). The minimum absolute atomic E-state index is 0.576. The smallest absolute Gasteiger partial charge is 0.0211 e. The van der Waals surface area contributed by atoms with Crippen molar-refractivity contribution < 1.29 is 0 Å². The predicted octanol–water partition coefficient (Wildman–Crippen LogP) is 7.79. The molecule has 1 unspecified atom stereocenters. The van der Waals surface area contributed by atoms with E-state index in [9.17, 15) is 0 Å². The first-order valence-corrected chi connectivity index (χ1v) is 10.7. The van der Waals surface area contributed by atoms with Crippen molar-refractivity contribution in [2.75, 3.05) is 0 Å². The lowest BCUT2D eigenvalue weighted by Gasteiger charge is -2.27. The van der Waals surface area contributed by atoms with Crippen LogP contribution in [0.5, 0.6) is 0 Å². The fraction of sp³-hybridized carbons (Fsp3) is 0.167. The zero-order valence-electron chi connectivity index (χ0n) is 14.3. The first kappa shape index (κ1) is 16.5. The summed E-state index contributed by atoms with van der Waals surface area (Å²) in [6.45, 7) is 0. The van der Waals surface area contributed by atoms with Gasteiger partial charge in [0.05, 0.1) is 0 Å². The van der Waals surface area contributed by atoms with Gasteiger partial charge in [0.15, 0.2) is 0 Å². The van der Waals surface area contributed by atoms with Gasteiger partial charge in [-0.3, -0.25) is 0 Å². The molecule has 0 N–H and O–H groups in total. The predicted molar refractivity (Wildman–Crippen MR) is 118 cm³/mol. The molecular weight excluding hydrogens is 448 g/mol. The van der Waals surface area contributed by atoms with Gasteiger partial charge in [-0.05, 0) is 81.6 Å². The molecule has 1 atom stereocenters. The first-order valence-electron chi connectivity index (χ1n) is 9.08. The third kappa shape index (κ3) is 2.71.